The van der Waals surface area contributed by atoms with Crippen molar-refractivity contribution in [2.45, 2.75) is 44.7 Å². The molecule has 23 heavy (non-hydrogen) atoms. The SMILES string of the molecule is CC(N)CCC(=O)N1CCCC1c1ccc2c(c1)OCCO2.Cl. The van der Waals surface area contributed by atoms with Gasteiger partial charge in [-0.15, -0.1) is 12.4 Å². The lowest BCUT2D eigenvalue weighted by Gasteiger charge is -2.27. The van der Waals surface area contributed by atoms with Crippen LogP contribution in [0.3, 0.4) is 0 Å². The number of ether oxygens (including phenoxy) is 2. The lowest BCUT2D eigenvalue weighted by molar-refractivity contribution is -0.132. The molecule has 2 heterocycles. The highest BCUT2D eigenvalue weighted by Gasteiger charge is 2.30. The van der Waals surface area contributed by atoms with E-state index < -0.39 is 0 Å². The molecule has 0 saturated carbocycles. The largest absolute Gasteiger partial charge is 0.486 e. The molecule has 2 atom stereocenters. The van der Waals surface area contributed by atoms with Crippen LogP contribution >= 0.6 is 12.4 Å². The third-order valence-corrected chi connectivity index (χ3v) is 4.34. The number of hydrogen-bond donors (Lipinski definition) is 1. The fourth-order valence-electron chi connectivity index (χ4n) is 3.17. The van der Waals surface area contributed by atoms with E-state index in [4.69, 9.17) is 15.2 Å². The molecule has 0 bridgehead atoms. The van der Waals surface area contributed by atoms with Crippen LogP contribution in [0.15, 0.2) is 18.2 Å². The zero-order valence-corrected chi connectivity index (χ0v) is 14.3. The van der Waals surface area contributed by atoms with Crippen LogP contribution in [-0.2, 0) is 4.79 Å². The third kappa shape index (κ3) is 4.09. The van der Waals surface area contributed by atoms with Crippen LogP contribution in [0.4, 0.5) is 0 Å². The highest BCUT2D eigenvalue weighted by Crippen LogP contribution is 2.38. The first-order chi connectivity index (χ1) is 10.6. The number of nitrogens with zero attached hydrogens (tertiary/aromatic N) is 1. The molecule has 2 unspecified atom stereocenters. The second-order valence-electron chi connectivity index (χ2n) is 6.16. The van der Waals surface area contributed by atoms with Crippen LogP contribution in [0.5, 0.6) is 11.5 Å². The first-order valence-electron chi connectivity index (χ1n) is 8.10. The van der Waals surface area contributed by atoms with Crippen LogP contribution in [0.1, 0.15) is 44.2 Å². The predicted molar refractivity (Wildman–Crippen MR) is 91.3 cm³/mol. The lowest BCUT2D eigenvalue weighted by Crippen LogP contribution is -2.31. The van der Waals surface area contributed by atoms with Crippen LogP contribution < -0.4 is 15.2 Å². The van der Waals surface area contributed by atoms with E-state index in [0.717, 1.165) is 42.9 Å². The number of nitrogens with two attached hydrogens (primary N) is 1. The fraction of sp³-hybridized carbons (Fsp3) is 0.588. The molecule has 2 N–H and O–H groups in total. The van der Waals surface area contributed by atoms with Crippen molar-refractivity contribution in [3.05, 3.63) is 23.8 Å². The Morgan fingerprint density at radius 1 is 1.35 bits per heavy atom. The van der Waals surface area contributed by atoms with E-state index in [1.165, 1.54) is 0 Å². The summed E-state index contributed by atoms with van der Waals surface area (Å²) in [7, 11) is 0. The molecule has 5 nitrogen and oxygen atoms in total. The minimum atomic E-state index is 0. The van der Waals surface area contributed by atoms with E-state index in [2.05, 4.69) is 6.07 Å². The fourth-order valence-corrected chi connectivity index (χ4v) is 3.17. The molecule has 1 fully saturated rings. The maximum absolute atomic E-state index is 12.4. The van der Waals surface area contributed by atoms with Crippen molar-refractivity contribution in [3.63, 3.8) is 0 Å². The number of carbonyl (C=O) groups excluding carboxylic acids is 1. The summed E-state index contributed by atoms with van der Waals surface area (Å²) in [4.78, 5) is 14.4. The molecule has 1 aromatic rings. The second-order valence-corrected chi connectivity index (χ2v) is 6.16. The van der Waals surface area contributed by atoms with Crippen molar-refractivity contribution in [1.29, 1.82) is 0 Å². The van der Waals surface area contributed by atoms with Gasteiger partial charge in [-0.05, 0) is 43.9 Å². The molecule has 3 rings (SSSR count). The van der Waals surface area contributed by atoms with Gasteiger partial charge in [-0.25, -0.2) is 0 Å². The van der Waals surface area contributed by atoms with Crippen molar-refractivity contribution in [2.75, 3.05) is 19.8 Å². The predicted octanol–water partition coefficient (Wildman–Crippen LogP) is 2.67. The lowest BCUT2D eigenvalue weighted by atomic mass is 10.0. The zero-order chi connectivity index (χ0) is 15.5. The normalized spacial score (nSPS) is 20.8. The number of halogens is 1. The van der Waals surface area contributed by atoms with E-state index in [-0.39, 0.29) is 30.4 Å². The summed E-state index contributed by atoms with van der Waals surface area (Å²) >= 11 is 0. The maximum atomic E-state index is 12.4. The van der Waals surface area contributed by atoms with E-state index in [1.54, 1.807) is 0 Å². The summed E-state index contributed by atoms with van der Waals surface area (Å²) in [5.74, 6) is 1.79. The Morgan fingerprint density at radius 3 is 2.83 bits per heavy atom. The Balaban J connectivity index is 0.00000192. The first-order valence-corrected chi connectivity index (χ1v) is 8.10. The van der Waals surface area contributed by atoms with Gasteiger partial charge in [-0.3, -0.25) is 4.79 Å². The molecule has 6 heteroatoms. The molecule has 0 spiro atoms. The van der Waals surface area contributed by atoms with Crippen molar-refractivity contribution in [2.24, 2.45) is 5.73 Å². The molecule has 2 aliphatic heterocycles. The van der Waals surface area contributed by atoms with Gasteiger partial charge in [0.1, 0.15) is 13.2 Å². The number of carbonyl (C=O) groups is 1. The molecule has 128 valence electrons. The summed E-state index contributed by atoms with van der Waals surface area (Å²) in [6.07, 6.45) is 3.31. The minimum absolute atomic E-state index is 0. The number of amides is 1. The second kappa shape index (κ2) is 7.88. The smallest absolute Gasteiger partial charge is 0.223 e. The molecule has 2 aliphatic rings. The highest BCUT2D eigenvalue weighted by atomic mass is 35.5. The van der Waals surface area contributed by atoms with E-state index in [9.17, 15) is 4.79 Å². The average Bonchev–Trinajstić information content (AvgIpc) is 3.01. The molecular weight excluding hydrogens is 316 g/mol. The van der Waals surface area contributed by atoms with E-state index in [1.807, 2.05) is 24.0 Å². The standard InChI is InChI=1S/C17H24N2O3.ClH/c1-12(18)4-7-17(20)19-8-2-3-14(19)13-5-6-15-16(11-13)22-10-9-21-15;/h5-6,11-12,14H,2-4,7-10,18H2,1H3;1H. The minimum Gasteiger partial charge on any atom is -0.486 e. The summed E-state index contributed by atoms with van der Waals surface area (Å²) < 4.78 is 11.2. The van der Waals surface area contributed by atoms with Crippen LogP contribution in [-0.4, -0.2) is 36.6 Å². The van der Waals surface area contributed by atoms with Gasteiger partial charge >= 0.3 is 0 Å². The van der Waals surface area contributed by atoms with E-state index in [0.29, 0.717) is 19.6 Å². The zero-order valence-electron chi connectivity index (χ0n) is 13.5. The van der Waals surface area contributed by atoms with Crippen LogP contribution in [0, 0.1) is 0 Å². The molecule has 1 aromatic carbocycles. The van der Waals surface area contributed by atoms with Crippen molar-refractivity contribution in [3.8, 4) is 11.5 Å². The molecule has 1 saturated heterocycles. The molecule has 0 aromatic heterocycles. The summed E-state index contributed by atoms with van der Waals surface area (Å²) in [6.45, 7) is 3.95. The number of benzene rings is 1. The van der Waals surface area contributed by atoms with Gasteiger partial charge in [-0.1, -0.05) is 6.07 Å². The van der Waals surface area contributed by atoms with Crippen LogP contribution in [0.25, 0.3) is 0 Å². The van der Waals surface area contributed by atoms with Gasteiger partial charge in [0.15, 0.2) is 11.5 Å². The Hall–Kier alpha value is -1.46. The van der Waals surface area contributed by atoms with Crippen LogP contribution in [0.2, 0.25) is 0 Å². The van der Waals surface area contributed by atoms with Crippen molar-refractivity contribution >= 4 is 18.3 Å². The summed E-state index contributed by atoms with van der Waals surface area (Å²) in [6, 6.07) is 6.24. The number of fused-ring (bicyclic) bond motifs is 1. The Morgan fingerprint density at radius 2 is 2.09 bits per heavy atom. The van der Waals surface area contributed by atoms with Gasteiger partial charge in [0.05, 0.1) is 6.04 Å². The van der Waals surface area contributed by atoms with Gasteiger partial charge in [0.2, 0.25) is 5.91 Å². The number of likely N-dealkylation sites (tertiary alicyclic amines) is 1. The third-order valence-electron chi connectivity index (χ3n) is 4.34. The molecule has 1 amide bonds. The highest BCUT2D eigenvalue weighted by molar-refractivity contribution is 5.85. The number of hydrogen-bond acceptors (Lipinski definition) is 4. The monoisotopic (exact) mass is 340 g/mol. The Bertz CT molecular complexity index is 551. The first kappa shape index (κ1) is 17.9. The van der Waals surface area contributed by atoms with Gasteiger partial charge in [0, 0.05) is 19.0 Å². The average molecular weight is 341 g/mol. The summed E-state index contributed by atoms with van der Waals surface area (Å²) in [5.41, 5.74) is 6.90. The molecular formula is C17H25ClN2O3. The quantitative estimate of drug-likeness (QED) is 0.915. The molecule has 0 aliphatic carbocycles. The van der Waals surface area contributed by atoms with Crippen molar-refractivity contribution in [1.82, 2.24) is 4.90 Å². The van der Waals surface area contributed by atoms with Gasteiger partial charge in [-0.2, -0.15) is 0 Å². The van der Waals surface area contributed by atoms with Crippen molar-refractivity contribution < 1.29 is 14.3 Å². The summed E-state index contributed by atoms with van der Waals surface area (Å²) in [5, 5.41) is 0. The number of rotatable bonds is 4. The molecule has 0 radical (unpaired) electrons. The maximum Gasteiger partial charge on any atom is 0.223 e. The van der Waals surface area contributed by atoms with Gasteiger partial charge in [0.25, 0.3) is 0 Å². The Labute approximate surface area is 143 Å². The van der Waals surface area contributed by atoms with Gasteiger partial charge < -0.3 is 20.1 Å². The topological polar surface area (TPSA) is 64.8 Å². The Kier molecular flexibility index (Phi) is 6.13. The van der Waals surface area contributed by atoms with E-state index >= 15 is 0 Å².